The van der Waals surface area contributed by atoms with Crippen molar-refractivity contribution in [2.24, 2.45) is 23.7 Å². The summed E-state index contributed by atoms with van der Waals surface area (Å²) in [5.41, 5.74) is 0.806. The molecule has 10 heteroatoms. The van der Waals surface area contributed by atoms with Gasteiger partial charge in [-0.2, -0.15) is 0 Å². The Morgan fingerprint density at radius 1 is 1.00 bits per heavy atom. The lowest BCUT2D eigenvalue weighted by Gasteiger charge is -2.45. The number of ketones is 2. The number of aliphatic hydroxyl groups excluding tert-OH is 1. The molecular weight excluding hydrogens is 542 g/mol. The molecule has 0 radical (unpaired) electrons. The fraction of sp³-hybridized carbons (Fsp3) is 0.688. The summed E-state index contributed by atoms with van der Waals surface area (Å²) in [6.45, 7) is 7.70. The van der Waals surface area contributed by atoms with E-state index in [4.69, 9.17) is 14.2 Å². The molecule has 0 spiro atoms. The van der Waals surface area contributed by atoms with Crippen molar-refractivity contribution in [3.05, 3.63) is 36.0 Å². The molecule has 3 aliphatic rings. The maximum atomic E-state index is 13.9. The Labute approximate surface area is 248 Å². The summed E-state index contributed by atoms with van der Waals surface area (Å²) in [4.78, 5) is 53.7. The maximum Gasteiger partial charge on any atom is 0.326 e. The SMILES string of the molecule is COC1C(=O)[C@@H](C)C[C@H](C)\C=C/C=C/C=C(\C)[C@H](OC)C1C1CC(C)[C@@H](O)[C@H](C(=O)C(=O)N2CCCCC2C(=O)O)O1. The largest absolute Gasteiger partial charge is 0.480 e. The van der Waals surface area contributed by atoms with Crippen LogP contribution in [-0.4, -0.2) is 95.9 Å². The molecule has 2 aliphatic heterocycles. The Morgan fingerprint density at radius 2 is 1.69 bits per heavy atom. The van der Waals surface area contributed by atoms with Crippen LogP contribution < -0.4 is 0 Å². The summed E-state index contributed by atoms with van der Waals surface area (Å²) < 4.78 is 18.1. The van der Waals surface area contributed by atoms with Crippen LogP contribution >= 0.6 is 0 Å². The van der Waals surface area contributed by atoms with Crippen LogP contribution in [0.25, 0.3) is 0 Å². The van der Waals surface area contributed by atoms with Crippen molar-refractivity contribution < 1.29 is 43.6 Å². The van der Waals surface area contributed by atoms with Crippen LogP contribution in [-0.2, 0) is 33.4 Å². The first-order valence-corrected chi connectivity index (χ1v) is 14.9. The number of Topliss-reactive ketones (excluding diaryl/α,β-unsaturated/α-hetero) is 2. The number of carboxylic acids is 1. The van der Waals surface area contributed by atoms with Crippen LogP contribution in [0.15, 0.2) is 36.0 Å². The number of nitrogens with zero attached hydrogens (tertiary/aromatic N) is 1. The van der Waals surface area contributed by atoms with Crippen LogP contribution in [0.5, 0.6) is 0 Å². The summed E-state index contributed by atoms with van der Waals surface area (Å²) in [6.07, 6.45) is 6.87. The molecule has 2 fully saturated rings. The Hall–Kier alpha value is -2.66. The summed E-state index contributed by atoms with van der Waals surface area (Å²) in [7, 11) is 3.00. The molecule has 5 unspecified atom stereocenters. The molecule has 10 nitrogen and oxygen atoms in total. The zero-order valence-corrected chi connectivity index (χ0v) is 25.6. The van der Waals surface area contributed by atoms with Crippen molar-refractivity contribution in [1.82, 2.24) is 4.90 Å². The van der Waals surface area contributed by atoms with Gasteiger partial charge in [0.2, 0.25) is 0 Å². The van der Waals surface area contributed by atoms with Gasteiger partial charge in [0, 0.05) is 32.6 Å². The maximum absolute atomic E-state index is 13.9. The quantitative estimate of drug-likeness (QED) is 0.447. The topological polar surface area (TPSA) is 140 Å². The van der Waals surface area contributed by atoms with E-state index in [1.807, 2.05) is 51.2 Å². The lowest BCUT2D eigenvalue weighted by molar-refractivity contribution is -0.195. The molecule has 1 amide bonds. The highest BCUT2D eigenvalue weighted by Crippen LogP contribution is 2.37. The second-order valence-electron chi connectivity index (χ2n) is 12.1. The van der Waals surface area contributed by atoms with Gasteiger partial charge in [0.05, 0.1) is 18.3 Å². The number of rotatable bonds is 6. The number of aliphatic carboxylic acids is 1. The number of carbonyl (C=O) groups excluding carboxylic acids is 3. The van der Waals surface area contributed by atoms with Crippen LogP contribution in [0, 0.1) is 23.7 Å². The number of allylic oxidation sites excluding steroid dienone is 5. The standard InChI is InChI=1S/C32H47NO9/c1-18-12-8-7-9-13-19(2)28(40-5)24(29(41-6)25(34)20(3)16-18)23-17-21(4)26(35)30(42-23)27(36)31(37)33-15-11-10-14-22(33)32(38)39/h7-9,12-13,18,20-24,26,28-30,35H,10-11,14-17H2,1-6H3,(H,38,39)/b9-7+,12-8-,19-13+/t18-,20+,21?,22?,23?,24?,26-,28+,29?,30-/m1/s1. The minimum Gasteiger partial charge on any atom is -0.480 e. The highest BCUT2D eigenvalue weighted by atomic mass is 16.5. The fourth-order valence-electron chi connectivity index (χ4n) is 6.60. The number of carbonyl (C=O) groups is 4. The van der Waals surface area contributed by atoms with Crippen molar-refractivity contribution in [3.63, 3.8) is 0 Å². The number of hydrogen-bond acceptors (Lipinski definition) is 8. The Morgan fingerprint density at radius 3 is 2.33 bits per heavy atom. The molecule has 0 aromatic carbocycles. The molecule has 2 N–H and O–H groups in total. The van der Waals surface area contributed by atoms with Gasteiger partial charge in [0.1, 0.15) is 12.1 Å². The van der Waals surface area contributed by atoms with Crippen LogP contribution in [0.3, 0.4) is 0 Å². The van der Waals surface area contributed by atoms with Crippen molar-refractivity contribution in [3.8, 4) is 0 Å². The molecule has 0 saturated carbocycles. The summed E-state index contributed by atoms with van der Waals surface area (Å²) in [6, 6.07) is -1.10. The molecule has 42 heavy (non-hydrogen) atoms. The van der Waals surface area contributed by atoms with E-state index in [-0.39, 0.29) is 37.0 Å². The van der Waals surface area contributed by atoms with Crippen LogP contribution in [0.4, 0.5) is 0 Å². The first-order chi connectivity index (χ1) is 19.9. The van der Waals surface area contributed by atoms with E-state index < -0.39 is 66.1 Å². The first kappa shape index (κ1) is 33.8. The number of hydrogen-bond donors (Lipinski definition) is 2. The minimum absolute atomic E-state index is 0.122. The number of carboxylic acid groups (broad SMARTS) is 1. The third-order valence-corrected chi connectivity index (χ3v) is 8.93. The predicted molar refractivity (Wildman–Crippen MR) is 156 cm³/mol. The van der Waals surface area contributed by atoms with Crippen LogP contribution in [0.1, 0.15) is 59.8 Å². The van der Waals surface area contributed by atoms with E-state index in [0.29, 0.717) is 19.3 Å². The van der Waals surface area contributed by atoms with Crippen molar-refractivity contribution in [2.45, 2.75) is 96.4 Å². The summed E-state index contributed by atoms with van der Waals surface area (Å²) >= 11 is 0. The van der Waals surface area contributed by atoms with Gasteiger partial charge in [0.15, 0.2) is 11.9 Å². The van der Waals surface area contributed by atoms with Gasteiger partial charge in [-0.05, 0) is 56.4 Å². The molecule has 2 saturated heterocycles. The molecule has 0 bridgehead atoms. The van der Waals surface area contributed by atoms with E-state index in [1.165, 1.54) is 14.2 Å². The molecule has 10 atom stereocenters. The van der Waals surface area contributed by atoms with E-state index in [0.717, 1.165) is 10.5 Å². The molecular formula is C32H47NO9. The predicted octanol–water partition coefficient (Wildman–Crippen LogP) is 3.13. The van der Waals surface area contributed by atoms with Crippen LogP contribution in [0.2, 0.25) is 0 Å². The highest BCUT2D eigenvalue weighted by Gasteiger charge is 2.51. The number of likely N-dealkylation sites (tertiary alicyclic amines) is 1. The third kappa shape index (κ3) is 7.64. The Balaban J connectivity index is 2.01. The summed E-state index contributed by atoms with van der Waals surface area (Å²) in [5.74, 6) is -4.64. The molecule has 0 aromatic heterocycles. The van der Waals surface area contributed by atoms with Gasteiger partial charge in [-0.15, -0.1) is 0 Å². The van der Waals surface area contributed by atoms with Crippen molar-refractivity contribution >= 4 is 23.4 Å². The number of piperidine rings is 1. The van der Waals surface area contributed by atoms with Gasteiger partial charge in [-0.3, -0.25) is 14.4 Å². The second kappa shape index (κ2) is 15.2. The monoisotopic (exact) mass is 589 g/mol. The van der Waals surface area contributed by atoms with Gasteiger partial charge in [-0.25, -0.2) is 4.79 Å². The van der Waals surface area contributed by atoms with Gasteiger partial charge < -0.3 is 29.3 Å². The number of amides is 1. The van der Waals surface area contributed by atoms with E-state index in [1.54, 1.807) is 6.92 Å². The lowest BCUT2D eigenvalue weighted by Crippen LogP contribution is -2.59. The molecule has 234 valence electrons. The molecule has 3 rings (SSSR count). The van der Waals surface area contributed by atoms with Crippen molar-refractivity contribution in [2.75, 3.05) is 20.8 Å². The number of methoxy groups -OCH3 is 2. The number of ether oxygens (including phenoxy) is 3. The zero-order valence-electron chi connectivity index (χ0n) is 25.6. The van der Waals surface area contributed by atoms with E-state index in [9.17, 15) is 29.4 Å². The summed E-state index contributed by atoms with van der Waals surface area (Å²) in [5, 5.41) is 20.7. The Bertz CT molecular complexity index is 1080. The smallest absolute Gasteiger partial charge is 0.326 e. The van der Waals surface area contributed by atoms with Crippen molar-refractivity contribution in [1.29, 1.82) is 0 Å². The third-order valence-electron chi connectivity index (χ3n) is 8.93. The average Bonchev–Trinajstić information content (AvgIpc) is 2.97. The number of aliphatic hydroxyl groups is 1. The molecule has 0 aromatic rings. The normalized spacial score (nSPS) is 39.5. The van der Waals surface area contributed by atoms with Gasteiger partial charge in [0.25, 0.3) is 11.7 Å². The zero-order chi connectivity index (χ0) is 31.1. The highest BCUT2D eigenvalue weighted by molar-refractivity contribution is 6.38. The van der Waals surface area contributed by atoms with E-state index in [2.05, 4.69) is 0 Å². The van der Waals surface area contributed by atoms with Gasteiger partial charge in [-0.1, -0.05) is 51.2 Å². The average molecular weight is 590 g/mol. The lowest BCUT2D eigenvalue weighted by atomic mass is 9.75. The Kier molecular flexibility index (Phi) is 12.2. The molecule has 2 heterocycles. The second-order valence-corrected chi connectivity index (χ2v) is 12.1. The minimum atomic E-state index is -1.52. The fourth-order valence-corrected chi connectivity index (χ4v) is 6.60. The van der Waals surface area contributed by atoms with E-state index >= 15 is 0 Å². The van der Waals surface area contributed by atoms with Gasteiger partial charge >= 0.3 is 5.97 Å². The molecule has 1 aliphatic carbocycles. The first-order valence-electron chi connectivity index (χ1n) is 14.9.